The minimum atomic E-state index is 0.0117. The Morgan fingerprint density at radius 3 is 2.67 bits per heavy atom. The smallest absolute Gasteiger partial charge is 0.257 e. The van der Waals surface area contributed by atoms with E-state index in [-0.39, 0.29) is 5.91 Å². The molecule has 1 aliphatic rings. The highest BCUT2D eigenvalue weighted by Gasteiger charge is 2.27. The quantitative estimate of drug-likeness (QED) is 0.905. The summed E-state index contributed by atoms with van der Waals surface area (Å²) in [6.07, 6.45) is 0.968. The van der Waals surface area contributed by atoms with Gasteiger partial charge in [-0.25, -0.2) is 0 Å². The maximum atomic E-state index is 12.8. The summed E-state index contributed by atoms with van der Waals surface area (Å²) in [6, 6.07) is 14.9. The largest absolute Gasteiger partial charge is 0.488 e. The highest BCUT2D eigenvalue weighted by Crippen LogP contribution is 2.24. The van der Waals surface area contributed by atoms with Gasteiger partial charge in [0.25, 0.3) is 5.91 Å². The first-order chi connectivity index (χ1) is 11.7. The number of benzene rings is 2. The van der Waals surface area contributed by atoms with Crippen LogP contribution in [0.3, 0.4) is 0 Å². The number of halogens is 1. The molecule has 1 amide bonds. The molecule has 0 radical (unpaired) electrons. The third-order valence-electron chi connectivity index (χ3n) is 4.33. The Bertz CT molecular complexity index is 703. The van der Waals surface area contributed by atoms with E-state index in [1.54, 1.807) is 0 Å². The number of hydrogen-bond donors (Lipinski definition) is 1. The Morgan fingerprint density at radius 1 is 1.21 bits per heavy atom. The summed E-state index contributed by atoms with van der Waals surface area (Å²) in [5, 5.41) is 0.692. The Hall–Kier alpha value is -2.04. The predicted molar refractivity (Wildman–Crippen MR) is 95.3 cm³/mol. The number of hydrogen-bond acceptors (Lipinski definition) is 3. The highest BCUT2D eigenvalue weighted by atomic mass is 35.5. The first-order valence-electron chi connectivity index (χ1n) is 8.13. The van der Waals surface area contributed by atoms with Crippen molar-refractivity contribution < 1.29 is 9.53 Å². The summed E-state index contributed by atoms with van der Waals surface area (Å²) in [5.74, 6) is 1.02. The molecule has 0 spiro atoms. The lowest BCUT2D eigenvalue weighted by molar-refractivity contribution is 0.0782. The molecule has 4 nitrogen and oxygen atoms in total. The average Bonchev–Trinajstić information content (AvgIpc) is 3.10. The van der Waals surface area contributed by atoms with Crippen LogP contribution in [0.15, 0.2) is 48.5 Å². The third-order valence-corrected chi connectivity index (χ3v) is 4.58. The lowest BCUT2D eigenvalue weighted by Crippen LogP contribution is -2.30. The first kappa shape index (κ1) is 16.8. The second kappa shape index (κ2) is 7.69. The van der Waals surface area contributed by atoms with Crippen LogP contribution >= 0.6 is 11.6 Å². The predicted octanol–water partition coefficient (Wildman–Crippen LogP) is 3.34. The molecule has 1 heterocycles. The van der Waals surface area contributed by atoms with Crippen LogP contribution in [0.1, 0.15) is 22.3 Å². The Morgan fingerprint density at radius 2 is 1.96 bits per heavy atom. The van der Waals surface area contributed by atoms with Gasteiger partial charge in [-0.15, -0.1) is 0 Å². The van der Waals surface area contributed by atoms with Crippen LogP contribution in [0.25, 0.3) is 0 Å². The summed E-state index contributed by atoms with van der Waals surface area (Å²) in [7, 11) is 0. The van der Waals surface area contributed by atoms with E-state index in [1.807, 2.05) is 53.4 Å². The number of likely N-dealkylation sites (tertiary alicyclic amines) is 1. The number of nitrogens with zero attached hydrogens (tertiary/aromatic N) is 1. The topological polar surface area (TPSA) is 55.6 Å². The molecular formula is C19H21ClN2O2. The summed E-state index contributed by atoms with van der Waals surface area (Å²) in [6.45, 7) is 2.50. The van der Waals surface area contributed by atoms with Crippen LogP contribution in [0.2, 0.25) is 5.02 Å². The number of carbonyl (C=O) groups excluding carboxylic acids is 1. The molecular weight excluding hydrogens is 324 g/mol. The van der Waals surface area contributed by atoms with E-state index in [0.717, 1.165) is 25.1 Å². The van der Waals surface area contributed by atoms with E-state index >= 15 is 0 Å². The molecule has 0 unspecified atom stereocenters. The van der Waals surface area contributed by atoms with E-state index < -0.39 is 0 Å². The zero-order valence-corrected chi connectivity index (χ0v) is 14.2. The Balaban J connectivity index is 1.70. The van der Waals surface area contributed by atoms with Gasteiger partial charge in [-0.05, 0) is 48.7 Å². The molecule has 126 valence electrons. The maximum Gasteiger partial charge on any atom is 0.257 e. The molecule has 2 N–H and O–H groups in total. The van der Waals surface area contributed by atoms with Crippen LogP contribution in [0.5, 0.6) is 5.75 Å². The van der Waals surface area contributed by atoms with Crippen LogP contribution in [0, 0.1) is 5.92 Å². The Kier molecular flexibility index (Phi) is 5.38. The molecule has 1 fully saturated rings. The lowest BCUT2D eigenvalue weighted by atomic mass is 10.1. The van der Waals surface area contributed by atoms with E-state index in [4.69, 9.17) is 22.1 Å². The number of rotatable bonds is 5. The molecule has 0 bridgehead atoms. The monoisotopic (exact) mass is 344 g/mol. The Labute approximate surface area is 147 Å². The van der Waals surface area contributed by atoms with Gasteiger partial charge < -0.3 is 15.4 Å². The van der Waals surface area contributed by atoms with Crippen molar-refractivity contribution in [1.82, 2.24) is 4.90 Å². The van der Waals surface area contributed by atoms with Gasteiger partial charge in [-0.3, -0.25) is 4.79 Å². The third kappa shape index (κ3) is 3.89. The van der Waals surface area contributed by atoms with Gasteiger partial charge in [0, 0.05) is 18.1 Å². The molecule has 1 atom stereocenters. The molecule has 24 heavy (non-hydrogen) atoms. The normalized spacial score (nSPS) is 17.1. The molecule has 5 heteroatoms. The summed E-state index contributed by atoms with van der Waals surface area (Å²) in [4.78, 5) is 14.6. The van der Waals surface area contributed by atoms with Crippen molar-refractivity contribution in [1.29, 1.82) is 0 Å². The first-order valence-corrected chi connectivity index (χ1v) is 8.51. The summed E-state index contributed by atoms with van der Waals surface area (Å²) >= 11 is 5.89. The van der Waals surface area contributed by atoms with Crippen molar-refractivity contribution in [2.75, 3.05) is 19.6 Å². The van der Waals surface area contributed by atoms with Crippen LogP contribution in [-0.2, 0) is 6.61 Å². The van der Waals surface area contributed by atoms with Gasteiger partial charge in [0.1, 0.15) is 12.4 Å². The van der Waals surface area contributed by atoms with Gasteiger partial charge in [-0.2, -0.15) is 0 Å². The van der Waals surface area contributed by atoms with Crippen LogP contribution in [-0.4, -0.2) is 30.4 Å². The second-order valence-electron chi connectivity index (χ2n) is 6.05. The minimum absolute atomic E-state index is 0.0117. The number of carbonyl (C=O) groups is 1. The molecule has 1 aliphatic heterocycles. The molecule has 0 aliphatic carbocycles. The van der Waals surface area contributed by atoms with Gasteiger partial charge in [0.15, 0.2) is 0 Å². The molecule has 0 aromatic heterocycles. The standard InChI is InChI=1S/C19H21ClN2O2/c20-16-7-5-14(6-8-16)13-24-18-4-2-1-3-17(18)19(23)22-10-9-15(11-21)12-22/h1-8,15H,9-13,21H2/t15-/m0/s1. The second-order valence-corrected chi connectivity index (χ2v) is 6.49. The molecule has 2 aromatic carbocycles. The van der Waals surface area contributed by atoms with E-state index in [1.165, 1.54) is 0 Å². The fraction of sp³-hybridized carbons (Fsp3) is 0.316. The highest BCUT2D eigenvalue weighted by molar-refractivity contribution is 6.30. The molecule has 1 saturated heterocycles. The molecule has 0 saturated carbocycles. The van der Waals surface area contributed by atoms with Crippen molar-refractivity contribution in [3.05, 3.63) is 64.7 Å². The van der Waals surface area contributed by atoms with Crippen LogP contribution < -0.4 is 10.5 Å². The fourth-order valence-corrected chi connectivity index (χ4v) is 3.02. The average molecular weight is 345 g/mol. The van der Waals surface area contributed by atoms with E-state index in [2.05, 4.69) is 0 Å². The summed E-state index contributed by atoms with van der Waals surface area (Å²) in [5.41, 5.74) is 7.32. The maximum absolute atomic E-state index is 12.8. The van der Waals surface area contributed by atoms with E-state index in [9.17, 15) is 4.79 Å². The van der Waals surface area contributed by atoms with Gasteiger partial charge in [0.2, 0.25) is 0 Å². The van der Waals surface area contributed by atoms with Gasteiger partial charge >= 0.3 is 0 Å². The number of ether oxygens (including phenoxy) is 1. The van der Waals surface area contributed by atoms with E-state index in [0.29, 0.717) is 35.4 Å². The number of amides is 1. The summed E-state index contributed by atoms with van der Waals surface area (Å²) < 4.78 is 5.88. The van der Waals surface area contributed by atoms with Crippen molar-refractivity contribution in [3.63, 3.8) is 0 Å². The minimum Gasteiger partial charge on any atom is -0.488 e. The van der Waals surface area contributed by atoms with Crippen molar-refractivity contribution in [2.45, 2.75) is 13.0 Å². The zero-order valence-electron chi connectivity index (χ0n) is 13.5. The van der Waals surface area contributed by atoms with Crippen LogP contribution in [0.4, 0.5) is 0 Å². The van der Waals surface area contributed by atoms with Gasteiger partial charge in [-0.1, -0.05) is 35.9 Å². The molecule has 3 rings (SSSR count). The lowest BCUT2D eigenvalue weighted by Gasteiger charge is -2.18. The molecule has 2 aromatic rings. The zero-order chi connectivity index (χ0) is 16.9. The van der Waals surface area contributed by atoms with Gasteiger partial charge in [0.05, 0.1) is 5.56 Å². The van der Waals surface area contributed by atoms with Crippen molar-refractivity contribution in [2.24, 2.45) is 11.7 Å². The fourth-order valence-electron chi connectivity index (χ4n) is 2.89. The number of nitrogens with two attached hydrogens (primary N) is 1. The van der Waals surface area contributed by atoms with Crippen molar-refractivity contribution in [3.8, 4) is 5.75 Å². The van der Waals surface area contributed by atoms with Crippen molar-refractivity contribution >= 4 is 17.5 Å². The SMILES string of the molecule is NC[C@@H]1CCN(C(=O)c2ccccc2OCc2ccc(Cl)cc2)C1. The number of para-hydroxylation sites is 1.